The summed E-state index contributed by atoms with van der Waals surface area (Å²) in [5, 5.41) is 5.83. The molecule has 2 amide bonds. The van der Waals surface area contributed by atoms with Gasteiger partial charge in [0.05, 0.1) is 5.54 Å². The number of amides is 2. The zero-order chi connectivity index (χ0) is 7.73. The molecule has 0 unspecified atom stereocenters. The van der Waals surface area contributed by atoms with E-state index in [2.05, 4.69) is 10.6 Å². The number of carbonyl (C=O) groups excluding carboxylic acids is 1. The molecular weight excluding hydrogens is 160 g/mol. The van der Waals surface area contributed by atoms with Gasteiger partial charge in [-0.05, 0) is 24.3 Å². The molecule has 2 heterocycles. The fourth-order valence-corrected chi connectivity index (χ4v) is 2.92. The highest BCUT2D eigenvalue weighted by Gasteiger charge is 2.38. The molecule has 2 aliphatic rings. The Balaban J connectivity index is 2.03. The van der Waals surface area contributed by atoms with Crippen molar-refractivity contribution < 1.29 is 4.79 Å². The summed E-state index contributed by atoms with van der Waals surface area (Å²) in [5.74, 6) is 2.37. The average Bonchev–Trinajstić information content (AvgIpc) is 2.34. The molecule has 0 aromatic carbocycles. The number of hydrogen-bond acceptors (Lipinski definition) is 2. The number of thioether (sulfide) groups is 1. The van der Waals surface area contributed by atoms with Gasteiger partial charge in [0.1, 0.15) is 0 Å². The van der Waals surface area contributed by atoms with Crippen molar-refractivity contribution >= 4 is 17.8 Å². The van der Waals surface area contributed by atoms with Gasteiger partial charge >= 0.3 is 6.03 Å². The largest absolute Gasteiger partial charge is 0.336 e. The third-order valence-corrected chi connectivity index (χ3v) is 3.40. The lowest BCUT2D eigenvalue weighted by Gasteiger charge is -2.31. The molecular formula is C7H12N2OS. The average molecular weight is 172 g/mol. The summed E-state index contributed by atoms with van der Waals surface area (Å²) < 4.78 is 0. The summed E-state index contributed by atoms with van der Waals surface area (Å²) in [4.78, 5) is 10.9. The molecule has 0 aliphatic carbocycles. The van der Waals surface area contributed by atoms with Crippen LogP contribution in [0, 0.1) is 0 Å². The summed E-state index contributed by atoms with van der Waals surface area (Å²) in [7, 11) is 0. The van der Waals surface area contributed by atoms with Crippen molar-refractivity contribution in [3.05, 3.63) is 0 Å². The van der Waals surface area contributed by atoms with Crippen LogP contribution in [0.3, 0.4) is 0 Å². The molecule has 2 N–H and O–H groups in total. The third-order valence-electron chi connectivity index (χ3n) is 2.42. The van der Waals surface area contributed by atoms with Gasteiger partial charge in [-0.1, -0.05) is 0 Å². The summed E-state index contributed by atoms with van der Waals surface area (Å²) in [5.41, 5.74) is 0.113. The predicted octanol–water partition coefficient (Wildman–Crippen LogP) is 0.565. The fraction of sp³-hybridized carbons (Fsp3) is 0.857. The van der Waals surface area contributed by atoms with Crippen LogP contribution in [0.25, 0.3) is 0 Å². The molecule has 3 nitrogen and oxygen atoms in total. The van der Waals surface area contributed by atoms with Crippen molar-refractivity contribution in [1.29, 1.82) is 0 Å². The van der Waals surface area contributed by atoms with Crippen molar-refractivity contribution in [3.8, 4) is 0 Å². The quantitative estimate of drug-likeness (QED) is 0.560. The molecule has 1 spiro atoms. The SMILES string of the molecule is O=C1NCC2(CCSCC2)N1. The van der Waals surface area contributed by atoms with Gasteiger partial charge in [-0.2, -0.15) is 11.8 Å². The maximum absolute atomic E-state index is 10.9. The van der Waals surface area contributed by atoms with E-state index in [0.717, 1.165) is 19.4 Å². The first-order valence-electron chi connectivity index (χ1n) is 3.95. The molecule has 2 saturated heterocycles. The first-order valence-corrected chi connectivity index (χ1v) is 5.10. The van der Waals surface area contributed by atoms with Gasteiger partial charge in [-0.25, -0.2) is 4.79 Å². The van der Waals surface area contributed by atoms with Gasteiger partial charge < -0.3 is 10.6 Å². The molecule has 62 valence electrons. The maximum atomic E-state index is 10.9. The van der Waals surface area contributed by atoms with Gasteiger partial charge in [-0.15, -0.1) is 0 Å². The minimum absolute atomic E-state index is 0.0110. The van der Waals surface area contributed by atoms with E-state index in [1.165, 1.54) is 11.5 Å². The molecule has 2 aliphatic heterocycles. The van der Waals surface area contributed by atoms with Crippen molar-refractivity contribution in [2.75, 3.05) is 18.1 Å². The molecule has 11 heavy (non-hydrogen) atoms. The van der Waals surface area contributed by atoms with E-state index in [-0.39, 0.29) is 11.6 Å². The number of hydrogen-bond donors (Lipinski definition) is 2. The zero-order valence-corrected chi connectivity index (χ0v) is 7.17. The topological polar surface area (TPSA) is 41.1 Å². The summed E-state index contributed by atoms with van der Waals surface area (Å²) >= 11 is 1.98. The molecule has 2 fully saturated rings. The Bertz CT molecular complexity index is 177. The van der Waals surface area contributed by atoms with Gasteiger partial charge in [0.25, 0.3) is 0 Å². The molecule has 0 bridgehead atoms. The van der Waals surface area contributed by atoms with Crippen LogP contribution in [0.5, 0.6) is 0 Å². The first-order chi connectivity index (χ1) is 5.31. The van der Waals surface area contributed by atoms with Crippen molar-refractivity contribution in [1.82, 2.24) is 10.6 Å². The maximum Gasteiger partial charge on any atom is 0.315 e. The Morgan fingerprint density at radius 3 is 2.64 bits per heavy atom. The Kier molecular flexibility index (Phi) is 1.71. The van der Waals surface area contributed by atoms with Crippen LogP contribution in [0.1, 0.15) is 12.8 Å². The van der Waals surface area contributed by atoms with Crippen LogP contribution in [0.4, 0.5) is 4.79 Å². The smallest absolute Gasteiger partial charge is 0.315 e. The van der Waals surface area contributed by atoms with Crippen molar-refractivity contribution in [2.24, 2.45) is 0 Å². The number of rotatable bonds is 0. The lowest BCUT2D eigenvalue weighted by atomic mass is 9.94. The van der Waals surface area contributed by atoms with Gasteiger partial charge in [0, 0.05) is 6.54 Å². The highest BCUT2D eigenvalue weighted by atomic mass is 32.2. The molecule has 0 atom stereocenters. The lowest BCUT2D eigenvalue weighted by Crippen LogP contribution is -2.46. The van der Waals surface area contributed by atoms with Crippen molar-refractivity contribution in [3.63, 3.8) is 0 Å². The van der Waals surface area contributed by atoms with E-state index in [4.69, 9.17) is 0 Å². The molecule has 0 aromatic heterocycles. The van der Waals surface area contributed by atoms with E-state index in [1.807, 2.05) is 11.8 Å². The Hall–Kier alpha value is -0.380. The second-order valence-corrected chi connectivity index (χ2v) is 4.43. The van der Waals surface area contributed by atoms with Gasteiger partial charge in [0.2, 0.25) is 0 Å². The lowest BCUT2D eigenvalue weighted by molar-refractivity contribution is 0.243. The van der Waals surface area contributed by atoms with Crippen LogP contribution < -0.4 is 10.6 Å². The third kappa shape index (κ3) is 1.31. The summed E-state index contributed by atoms with van der Waals surface area (Å²) in [6.45, 7) is 0.826. The van der Waals surface area contributed by atoms with E-state index >= 15 is 0 Å². The highest BCUT2D eigenvalue weighted by Crippen LogP contribution is 2.28. The molecule has 4 heteroatoms. The summed E-state index contributed by atoms with van der Waals surface area (Å²) in [6.07, 6.45) is 2.24. The standard InChI is InChI=1S/C7H12N2OS/c10-6-8-5-7(9-6)1-3-11-4-2-7/h1-5H2,(H2,8,9,10). The van der Waals surface area contributed by atoms with Crippen LogP contribution in [0.15, 0.2) is 0 Å². The Morgan fingerprint density at radius 1 is 1.36 bits per heavy atom. The normalized spacial score (nSPS) is 28.2. The van der Waals surface area contributed by atoms with Crippen LogP contribution >= 0.6 is 11.8 Å². The number of carbonyl (C=O) groups is 1. The molecule has 0 radical (unpaired) electrons. The minimum atomic E-state index is 0.0110. The Morgan fingerprint density at radius 2 is 2.09 bits per heavy atom. The first kappa shape index (κ1) is 7.28. The highest BCUT2D eigenvalue weighted by molar-refractivity contribution is 7.99. The van der Waals surface area contributed by atoms with E-state index in [0.29, 0.717) is 0 Å². The monoisotopic (exact) mass is 172 g/mol. The van der Waals surface area contributed by atoms with Crippen LogP contribution in [-0.4, -0.2) is 29.6 Å². The van der Waals surface area contributed by atoms with Gasteiger partial charge in [-0.3, -0.25) is 0 Å². The number of nitrogens with one attached hydrogen (secondary N) is 2. The fourth-order valence-electron chi connectivity index (χ4n) is 1.64. The minimum Gasteiger partial charge on any atom is -0.336 e. The van der Waals surface area contributed by atoms with E-state index in [9.17, 15) is 4.79 Å². The van der Waals surface area contributed by atoms with Crippen LogP contribution in [-0.2, 0) is 0 Å². The van der Waals surface area contributed by atoms with E-state index in [1.54, 1.807) is 0 Å². The zero-order valence-electron chi connectivity index (χ0n) is 6.35. The van der Waals surface area contributed by atoms with Crippen LogP contribution in [0.2, 0.25) is 0 Å². The molecule has 2 rings (SSSR count). The summed E-state index contributed by atoms with van der Waals surface area (Å²) in [6, 6.07) is 0.0110. The molecule has 0 saturated carbocycles. The second kappa shape index (κ2) is 2.59. The number of urea groups is 1. The Labute approximate surface area is 70.3 Å². The predicted molar refractivity (Wildman–Crippen MR) is 45.8 cm³/mol. The van der Waals surface area contributed by atoms with E-state index < -0.39 is 0 Å². The second-order valence-electron chi connectivity index (χ2n) is 3.20. The van der Waals surface area contributed by atoms with Gasteiger partial charge in [0.15, 0.2) is 0 Å². The van der Waals surface area contributed by atoms with Crippen molar-refractivity contribution in [2.45, 2.75) is 18.4 Å². The molecule has 0 aromatic rings.